The fraction of sp³-hybridized carbons (Fsp3) is 0.261. The molecule has 1 aromatic carbocycles. The molecular weight excluding hydrogens is 414 g/mol. The number of esters is 1. The summed E-state index contributed by atoms with van der Waals surface area (Å²) in [6, 6.07) is 9.19. The van der Waals surface area contributed by atoms with Gasteiger partial charge in [0.25, 0.3) is 0 Å². The zero-order valence-corrected chi connectivity index (χ0v) is 17.3. The molecule has 1 aliphatic carbocycles. The van der Waals surface area contributed by atoms with E-state index in [9.17, 15) is 4.79 Å². The van der Waals surface area contributed by atoms with Gasteiger partial charge in [0.1, 0.15) is 16.9 Å². The molecule has 3 aromatic heterocycles. The Labute approximate surface area is 182 Å². The molecule has 0 atom stereocenters. The van der Waals surface area contributed by atoms with Crippen molar-refractivity contribution in [3.8, 4) is 11.4 Å². The number of fused-ring (bicyclic) bond motifs is 3. The standard InChI is InChI=1S/C23H18ClN5O2/c24-15-3-1-13(2-4-15)19-26-12-18-21(28-19)29-20(27-18)14-5-8-23(9-6-14)17-11-25-10-7-16(17)22(30)31-23/h1-4,7,10-12,14H,5-6,8-9H2,(H,26,27,28,29). The van der Waals surface area contributed by atoms with Gasteiger partial charge in [0.15, 0.2) is 11.5 Å². The molecule has 2 aliphatic rings. The first-order valence-corrected chi connectivity index (χ1v) is 10.7. The molecule has 1 fully saturated rings. The summed E-state index contributed by atoms with van der Waals surface area (Å²) in [5.41, 5.74) is 3.37. The molecule has 6 rings (SSSR count). The van der Waals surface area contributed by atoms with Gasteiger partial charge in [-0.1, -0.05) is 11.6 Å². The molecule has 0 saturated heterocycles. The Kier molecular flexibility index (Phi) is 4.08. The average Bonchev–Trinajstić information content (AvgIpc) is 3.34. The number of aromatic nitrogens is 5. The predicted octanol–water partition coefficient (Wildman–Crippen LogP) is 4.79. The van der Waals surface area contributed by atoms with Crippen LogP contribution in [0.25, 0.3) is 22.6 Å². The molecule has 1 saturated carbocycles. The molecule has 1 N–H and O–H groups in total. The number of pyridine rings is 1. The number of imidazole rings is 1. The fourth-order valence-corrected chi connectivity index (χ4v) is 4.84. The van der Waals surface area contributed by atoms with Crippen LogP contribution in [-0.4, -0.2) is 30.9 Å². The number of hydrogen-bond donors (Lipinski definition) is 1. The lowest BCUT2D eigenvalue weighted by atomic mass is 9.75. The second kappa shape index (κ2) is 6.85. The monoisotopic (exact) mass is 431 g/mol. The lowest BCUT2D eigenvalue weighted by Gasteiger charge is -2.35. The van der Waals surface area contributed by atoms with E-state index in [4.69, 9.17) is 21.3 Å². The Bertz CT molecular complexity index is 1310. The molecular formula is C23H18ClN5O2. The third-order valence-corrected chi connectivity index (χ3v) is 6.61. The van der Waals surface area contributed by atoms with E-state index in [0.29, 0.717) is 16.4 Å². The van der Waals surface area contributed by atoms with Gasteiger partial charge >= 0.3 is 5.97 Å². The van der Waals surface area contributed by atoms with Crippen molar-refractivity contribution < 1.29 is 9.53 Å². The van der Waals surface area contributed by atoms with Gasteiger partial charge in [0.2, 0.25) is 0 Å². The number of nitrogens with one attached hydrogen (secondary N) is 1. The molecule has 8 heteroatoms. The van der Waals surface area contributed by atoms with Crippen molar-refractivity contribution in [2.75, 3.05) is 0 Å². The van der Waals surface area contributed by atoms with E-state index >= 15 is 0 Å². The SMILES string of the molecule is O=C1OC2(CCC(c3nc4cnc(-c5ccc(Cl)cc5)nc4[nH]3)CC2)c2cnccc21. The highest BCUT2D eigenvalue weighted by Crippen LogP contribution is 2.49. The molecule has 4 aromatic rings. The van der Waals surface area contributed by atoms with Crippen LogP contribution in [0.1, 0.15) is 53.3 Å². The van der Waals surface area contributed by atoms with Crippen molar-refractivity contribution in [2.45, 2.75) is 37.2 Å². The van der Waals surface area contributed by atoms with Crippen LogP contribution in [0, 0.1) is 0 Å². The van der Waals surface area contributed by atoms with Crippen LogP contribution < -0.4 is 0 Å². The van der Waals surface area contributed by atoms with Crippen LogP contribution in [0.4, 0.5) is 0 Å². The Morgan fingerprint density at radius 1 is 1.06 bits per heavy atom. The number of nitrogens with zero attached hydrogens (tertiary/aromatic N) is 4. The van der Waals surface area contributed by atoms with E-state index in [-0.39, 0.29) is 11.9 Å². The molecule has 154 valence electrons. The van der Waals surface area contributed by atoms with Gasteiger partial charge in [-0.15, -0.1) is 0 Å². The Morgan fingerprint density at radius 2 is 1.87 bits per heavy atom. The van der Waals surface area contributed by atoms with E-state index < -0.39 is 5.60 Å². The number of H-pyrrole nitrogens is 1. The lowest BCUT2D eigenvalue weighted by molar-refractivity contribution is -0.0313. The molecule has 4 heterocycles. The molecule has 31 heavy (non-hydrogen) atoms. The van der Waals surface area contributed by atoms with Crippen LogP contribution in [-0.2, 0) is 10.3 Å². The summed E-state index contributed by atoms with van der Waals surface area (Å²) in [6.45, 7) is 0. The molecule has 1 spiro atoms. The third-order valence-electron chi connectivity index (χ3n) is 6.36. The number of carbonyl (C=O) groups excluding carboxylic acids is 1. The second-order valence-electron chi connectivity index (χ2n) is 8.14. The number of carbonyl (C=O) groups is 1. The zero-order valence-electron chi connectivity index (χ0n) is 16.5. The minimum absolute atomic E-state index is 0.246. The highest BCUT2D eigenvalue weighted by Gasteiger charge is 2.48. The first kappa shape index (κ1) is 18.4. The summed E-state index contributed by atoms with van der Waals surface area (Å²) in [6.07, 6.45) is 8.38. The number of ether oxygens (including phenoxy) is 1. The highest BCUT2D eigenvalue weighted by atomic mass is 35.5. The molecule has 0 amide bonds. The van der Waals surface area contributed by atoms with Crippen molar-refractivity contribution in [1.82, 2.24) is 24.9 Å². The molecule has 0 bridgehead atoms. The number of hydrogen-bond acceptors (Lipinski definition) is 6. The van der Waals surface area contributed by atoms with Gasteiger partial charge in [0, 0.05) is 34.5 Å². The number of benzene rings is 1. The fourth-order valence-electron chi connectivity index (χ4n) is 4.71. The van der Waals surface area contributed by atoms with Gasteiger partial charge in [0.05, 0.1) is 11.8 Å². The quantitative estimate of drug-likeness (QED) is 0.458. The summed E-state index contributed by atoms with van der Waals surface area (Å²) in [4.78, 5) is 33.7. The maximum absolute atomic E-state index is 12.3. The molecule has 0 unspecified atom stereocenters. The first-order chi connectivity index (χ1) is 15.1. The van der Waals surface area contributed by atoms with Crippen molar-refractivity contribution in [3.63, 3.8) is 0 Å². The molecule has 7 nitrogen and oxygen atoms in total. The van der Waals surface area contributed by atoms with Crippen LogP contribution in [0.3, 0.4) is 0 Å². The number of rotatable bonds is 2. The van der Waals surface area contributed by atoms with E-state index in [1.165, 1.54) is 0 Å². The predicted molar refractivity (Wildman–Crippen MR) is 115 cm³/mol. The Hall–Kier alpha value is -3.32. The average molecular weight is 432 g/mol. The maximum Gasteiger partial charge on any atom is 0.339 e. The third kappa shape index (κ3) is 2.99. The van der Waals surface area contributed by atoms with Gasteiger partial charge in [-0.05, 0) is 56.0 Å². The van der Waals surface area contributed by atoms with Crippen molar-refractivity contribution in [2.24, 2.45) is 0 Å². The zero-order chi connectivity index (χ0) is 21.0. The van der Waals surface area contributed by atoms with Gasteiger partial charge in [-0.3, -0.25) is 4.98 Å². The van der Waals surface area contributed by atoms with E-state index in [0.717, 1.165) is 53.8 Å². The Morgan fingerprint density at radius 3 is 2.68 bits per heavy atom. The minimum atomic E-state index is -0.551. The van der Waals surface area contributed by atoms with Gasteiger partial charge in [-0.2, -0.15) is 0 Å². The maximum atomic E-state index is 12.3. The second-order valence-corrected chi connectivity index (χ2v) is 8.57. The number of halogens is 1. The normalized spacial score (nSPS) is 22.6. The summed E-state index contributed by atoms with van der Waals surface area (Å²) in [7, 11) is 0. The summed E-state index contributed by atoms with van der Waals surface area (Å²) in [5.74, 6) is 1.54. The van der Waals surface area contributed by atoms with Crippen molar-refractivity contribution in [3.05, 3.63) is 70.9 Å². The number of aromatic amines is 1. The van der Waals surface area contributed by atoms with Gasteiger partial charge in [-0.25, -0.2) is 19.7 Å². The van der Waals surface area contributed by atoms with Crippen LogP contribution in [0.5, 0.6) is 0 Å². The van der Waals surface area contributed by atoms with Crippen LogP contribution >= 0.6 is 11.6 Å². The molecule has 1 aliphatic heterocycles. The van der Waals surface area contributed by atoms with Crippen molar-refractivity contribution in [1.29, 1.82) is 0 Å². The van der Waals surface area contributed by atoms with Crippen LogP contribution in [0.15, 0.2) is 48.9 Å². The lowest BCUT2D eigenvalue weighted by Crippen LogP contribution is -2.31. The summed E-state index contributed by atoms with van der Waals surface area (Å²) < 4.78 is 5.84. The Balaban J connectivity index is 1.25. The van der Waals surface area contributed by atoms with E-state index in [2.05, 4.69) is 19.9 Å². The summed E-state index contributed by atoms with van der Waals surface area (Å²) in [5, 5.41) is 0.676. The van der Waals surface area contributed by atoms with Gasteiger partial charge < -0.3 is 9.72 Å². The first-order valence-electron chi connectivity index (χ1n) is 10.3. The van der Waals surface area contributed by atoms with E-state index in [1.807, 2.05) is 24.3 Å². The smallest absolute Gasteiger partial charge is 0.339 e. The van der Waals surface area contributed by atoms with Crippen molar-refractivity contribution >= 4 is 28.7 Å². The van der Waals surface area contributed by atoms with E-state index in [1.54, 1.807) is 24.7 Å². The largest absolute Gasteiger partial charge is 0.450 e. The topological polar surface area (TPSA) is 93.6 Å². The minimum Gasteiger partial charge on any atom is -0.450 e. The highest BCUT2D eigenvalue weighted by molar-refractivity contribution is 6.30. The molecule has 0 radical (unpaired) electrons. The van der Waals surface area contributed by atoms with Crippen LogP contribution in [0.2, 0.25) is 5.02 Å². The summed E-state index contributed by atoms with van der Waals surface area (Å²) >= 11 is 5.98.